The van der Waals surface area contributed by atoms with Gasteiger partial charge in [0.05, 0.1) is 16.8 Å². The van der Waals surface area contributed by atoms with Crippen molar-refractivity contribution in [3.8, 4) is 16.9 Å². The lowest BCUT2D eigenvalue weighted by molar-refractivity contribution is 0.101. The second-order valence-corrected chi connectivity index (χ2v) is 8.05. The van der Waals surface area contributed by atoms with Gasteiger partial charge in [0.25, 0.3) is 0 Å². The summed E-state index contributed by atoms with van der Waals surface area (Å²) in [6.45, 7) is 1.45. The Morgan fingerprint density at radius 3 is 2.45 bits per heavy atom. The molecule has 0 saturated heterocycles. The minimum atomic E-state index is -1.04. The molecule has 0 atom stereocenters. The number of aromatic hydroxyl groups is 1. The molecule has 4 rings (SSSR count). The maximum absolute atomic E-state index is 13.9. The molecule has 1 aliphatic carbocycles. The number of hydrogen-bond donors (Lipinski definition) is 2. The van der Waals surface area contributed by atoms with E-state index in [0.717, 1.165) is 37.8 Å². The first-order valence-electron chi connectivity index (χ1n) is 10.3. The number of halogens is 2. The van der Waals surface area contributed by atoms with Crippen molar-refractivity contribution in [3.63, 3.8) is 0 Å². The van der Waals surface area contributed by atoms with Crippen molar-refractivity contribution in [3.05, 3.63) is 53.7 Å². The van der Waals surface area contributed by atoms with Crippen LogP contribution in [0.5, 0.6) is 5.75 Å². The summed E-state index contributed by atoms with van der Waals surface area (Å²) in [6, 6.07) is 7.48. The number of nitrogens with two attached hydrogens (primary N) is 1. The van der Waals surface area contributed by atoms with Crippen molar-refractivity contribution in [1.29, 1.82) is 0 Å². The van der Waals surface area contributed by atoms with E-state index in [4.69, 9.17) is 5.73 Å². The monoisotopic (exact) mass is 423 g/mol. The third-order valence-electron chi connectivity index (χ3n) is 5.80. The first-order chi connectivity index (χ1) is 14.8. The van der Waals surface area contributed by atoms with E-state index in [9.17, 15) is 18.7 Å². The van der Waals surface area contributed by atoms with Gasteiger partial charge in [-0.1, -0.05) is 6.07 Å². The molecule has 1 aliphatic rings. The predicted molar refractivity (Wildman–Crippen MR) is 117 cm³/mol. The van der Waals surface area contributed by atoms with Crippen LogP contribution in [-0.2, 0) is 0 Å². The van der Waals surface area contributed by atoms with E-state index in [-0.39, 0.29) is 23.3 Å². The predicted octanol–water partition coefficient (Wildman–Crippen LogP) is 5.31. The summed E-state index contributed by atoms with van der Waals surface area (Å²) in [5, 5.41) is 9.99. The summed E-state index contributed by atoms with van der Waals surface area (Å²) < 4.78 is 27.7. The highest BCUT2D eigenvalue weighted by molar-refractivity contribution is 6.07. The van der Waals surface area contributed by atoms with Crippen LogP contribution in [-0.4, -0.2) is 28.1 Å². The maximum Gasteiger partial charge on any atom is 0.187 e. The van der Waals surface area contributed by atoms with E-state index in [1.807, 2.05) is 6.21 Å². The number of ketones is 1. The highest BCUT2D eigenvalue weighted by atomic mass is 19.1. The number of aliphatic imine (C=N–C) groups is 1. The zero-order valence-electron chi connectivity index (χ0n) is 17.1. The number of Topliss-reactive ketones (excluding diaryl/α,β-unsaturated/α-hetero) is 1. The third-order valence-corrected chi connectivity index (χ3v) is 5.80. The van der Waals surface area contributed by atoms with E-state index >= 15 is 0 Å². The Labute approximate surface area is 178 Å². The molecule has 31 heavy (non-hydrogen) atoms. The molecule has 0 aliphatic heterocycles. The van der Waals surface area contributed by atoms with Crippen LogP contribution in [0.25, 0.3) is 22.0 Å². The summed E-state index contributed by atoms with van der Waals surface area (Å²) in [7, 11) is 0. The van der Waals surface area contributed by atoms with Gasteiger partial charge in [0.2, 0.25) is 0 Å². The number of carbonyl (C=O) groups is 1. The van der Waals surface area contributed by atoms with Crippen molar-refractivity contribution < 1.29 is 18.7 Å². The van der Waals surface area contributed by atoms with Crippen molar-refractivity contribution >= 4 is 28.6 Å². The SMILES string of the molecule is CC(=O)c1cnc2ccc(-c3cc(F)c(O)c(F)c3)cc2c1N=CC1CCC(N)CC1. The maximum atomic E-state index is 13.9. The second-order valence-electron chi connectivity index (χ2n) is 8.05. The fourth-order valence-electron chi connectivity index (χ4n) is 3.96. The normalized spacial score (nSPS) is 19.2. The van der Waals surface area contributed by atoms with Crippen LogP contribution in [0.15, 0.2) is 41.5 Å². The quantitative estimate of drug-likeness (QED) is 0.440. The smallest absolute Gasteiger partial charge is 0.187 e. The molecule has 3 aromatic rings. The number of carbonyl (C=O) groups excluding carboxylic acids is 1. The molecule has 1 saturated carbocycles. The van der Waals surface area contributed by atoms with E-state index in [2.05, 4.69) is 9.98 Å². The summed E-state index contributed by atoms with van der Waals surface area (Å²) in [5.41, 5.74) is 8.26. The molecule has 0 unspecified atom stereocenters. The van der Waals surface area contributed by atoms with Crippen LogP contribution in [0.1, 0.15) is 43.0 Å². The molecule has 0 radical (unpaired) electrons. The second kappa shape index (κ2) is 8.51. The number of benzene rings is 2. The molecule has 7 heteroatoms. The van der Waals surface area contributed by atoms with Crippen LogP contribution in [0.3, 0.4) is 0 Å². The molecule has 0 spiro atoms. The Balaban J connectivity index is 1.82. The van der Waals surface area contributed by atoms with Crippen LogP contribution in [0, 0.1) is 17.6 Å². The summed E-state index contributed by atoms with van der Waals surface area (Å²) in [6.07, 6.45) is 7.15. The Morgan fingerprint density at radius 2 is 1.81 bits per heavy atom. The van der Waals surface area contributed by atoms with Gasteiger partial charge >= 0.3 is 0 Å². The van der Waals surface area contributed by atoms with Gasteiger partial charge in [-0.05, 0) is 73.9 Å². The first kappa shape index (κ1) is 21.1. The topological polar surface area (TPSA) is 88.6 Å². The van der Waals surface area contributed by atoms with Gasteiger partial charge in [-0.2, -0.15) is 0 Å². The van der Waals surface area contributed by atoms with E-state index in [1.165, 1.54) is 13.1 Å². The van der Waals surface area contributed by atoms with Gasteiger partial charge in [0.15, 0.2) is 23.2 Å². The van der Waals surface area contributed by atoms with Gasteiger partial charge < -0.3 is 10.8 Å². The molecule has 3 N–H and O–H groups in total. The average molecular weight is 423 g/mol. The number of rotatable bonds is 4. The van der Waals surface area contributed by atoms with Gasteiger partial charge in [-0.15, -0.1) is 0 Å². The van der Waals surface area contributed by atoms with E-state index in [0.29, 0.717) is 27.7 Å². The minimum Gasteiger partial charge on any atom is -0.503 e. The van der Waals surface area contributed by atoms with Gasteiger partial charge in [0.1, 0.15) is 0 Å². The number of fused-ring (bicyclic) bond motifs is 1. The van der Waals surface area contributed by atoms with Crippen molar-refractivity contribution in [2.24, 2.45) is 16.6 Å². The van der Waals surface area contributed by atoms with Crippen molar-refractivity contribution in [1.82, 2.24) is 4.98 Å². The molecule has 0 amide bonds. The van der Waals surface area contributed by atoms with Crippen LogP contribution in [0.4, 0.5) is 14.5 Å². The van der Waals surface area contributed by atoms with E-state index < -0.39 is 17.4 Å². The van der Waals surface area contributed by atoms with Crippen molar-refractivity contribution in [2.75, 3.05) is 0 Å². The lowest BCUT2D eigenvalue weighted by Gasteiger charge is -2.23. The Hall–Kier alpha value is -3.19. The largest absolute Gasteiger partial charge is 0.503 e. The summed E-state index contributed by atoms with van der Waals surface area (Å²) in [5.74, 6) is -2.98. The number of aromatic nitrogens is 1. The van der Waals surface area contributed by atoms with E-state index in [1.54, 1.807) is 18.2 Å². The third kappa shape index (κ3) is 4.32. The van der Waals surface area contributed by atoms with Gasteiger partial charge in [-0.3, -0.25) is 14.8 Å². The zero-order chi connectivity index (χ0) is 22.1. The minimum absolute atomic E-state index is 0.167. The molecular formula is C24H23F2N3O2. The highest BCUT2D eigenvalue weighted by Gasteiger charge is 2.18. The molecule has 1 heterocycles. The standard InChI is InChI=1S/C24H23F2N3O2/c1-13(30)19-12-28-22-7-4-15(16-9-20(25)24(31)21(26)10-16)8-18(22)23(19)29-11-14-2-5-17(27)6-3-14/h4,7-12,14,17,31H,2-3,5-6,27H2,1H3. The number of pyridine rings is 1. The summed E-state index contributed by atoms with van der Waals surface area (Å²) in [4.78, 5) is 21.3. The number of hydrogen-bond acceptors (Lipinski definition) is 5. The lowest BCUT2D eigenvalue weighted by Crippen LogP contribution is -2.26. The number of nitrogens with zero attached hydrogens (tertiary/aromatic N) is 2. The number of phenols is 1. The van der Waals surface area contributed by atoms with Gasteiger partial charge in [-0.25, -0.2) is 8.78 Å². The molecule has 2 aromatic carbocycles. The molecule has 1 aromatic heterocycles. The van der Waals surface area contributed by atoms with Crippen LogP contribution < -0.4 is 5.73 Å². The molecule has 160 valence electrons. The Bertz CT molecular complexity index is 1160. The Kier molecular flexibility index (Phi) is 5.78. The fourth-order valence-corrected chi connectivity index (χ4v) is 3.96. The summed E-state index contributed by atoms with van der Waals surface area (Å²) >= 11 is 0. The molecule has 5 nitrogen and oxygen atoms in total. The first-order valence-corrected chi connectivity index (χ1v) is 10.3. The zero-order valence-corrected chi connectivity index (χ0v) is 17.1. The van der Waals surface area contributed by atoms with Crippen molar-refractivity contribution in [2.45, 2.75) is 38.6 Å². The highest BCUT2D eigenvalue weighted by Crippen LogP contribution is 2.35. The molecule has 0 bridgehead atoms. The average Bonchev–Trinajstić information content (AvgIpc) is 2.76. The lowest BCUT2D eigenvalue weighted by atomic mass is 9.87. The Morgan fingerprint density at radius 1 is 1.13 bits per heavy atom. The van der Waals surface area contributed by atoms with Gasteiger partial charge in [0, 0.05) is 23.8 Å². The molecule has 1 fully saturated rings. The van der Waals surface area contributed by atoms with Crippen LogP contribution in [0.2, 0.25) is 0 Å². The number of phenolic OH excluding ortho intramolecular Hbond substituents is 1. The van der Waals surface area contributed by atoms with Crippen LogP contribution >= 0.6 is 0 Å². The molecular weight excluding hydrogens is 400 g/mol. The fraction of sp³-hybridized carbons (Fsp3) is 0.292.